The zero-order valence-electron chi connectivity index (χ0n) is 14.6. The van der Waals surface area contributed by atoms with E-state index in [2.05, 4.69) is 10.4 Å². The Bertz CT molecular complexity index is 1030. The molecule has 27 heavy (non-hydrogen) atoms. The number of nitrogens with zero attached hydrogens (tertiary/aromatic N) is 2. The molecule has 0 radical (unpaired) electrons. The van der Waals surface area contributed by atoms with Gasteiger partial charge in [0, 0.05) is 17.8 Å². The van der Waals surface area contributed by atoms with Crippen molar-refractivity contribution in [2.75, 3.05) is 5.32 Å². The number of hydrogen-bond donors (Lipinski definition) is 2. The van der Waals surface area contributed by atoms with Crippen LogP contribution in [0.5, 0.6) is 0 Å². The van der Waals surface area contributed by atoms with Gasteiger partial charge in [0.2, 0.25) is 0 Å². The first-order chi connectivity index (χ1) is 13.2. The van der Waals surface area contributed by atoms with Crippen LogP contribution in [0.3, 0.4) is 0 Å². The molecule has 1 saturated carbocycles. The lowest BCUT2D eigenvalue weighted by Gasteiger charge is -2.11. The Morgan fingerprint density at radius 1 is 1.22 bits per heavy atom. The van der Waals surface area contributed by atoms with Gasteiger partial charge in [-0.1, -0.05) is 18.2 Å². The predicted molar refractivity (Wildman–Crippen MR) is 102 cm³/mol. The second-order valence-corrected chi connectivity index (χ2v) is 7.01. The lowest BCUT2D eigenvalue weighted by Crippen LogP contribution is -2.28. The Morgan fingerprint density at radius 3 is 2.93 bits per heavy atom. The number of carbonyl (C=O) groups is 1. The zero-order valence-corrected chi connectivity index (χ0v) is 14.6. The van der Waals surface area contributed by atoms with Gasteiger partial charge in [0.25, 0.3) is 5.91 Å². The molecule has 1 fully saturated rings. The molecule has 134 valence electrons. The average Bonchev–Trinajstić information content (AvgIpc) is 3.31. The average molecular weight is 359 g/mol. The number of fused-ring (bicyclic) bond motifs is 1. The van der Waals surface area contributed by atoms with Gasteiger partial charge in [-0.2, -0.15) is 5.10 Å². The molecule has 2 aromatic carbocycles. The number of amides is 1. The highest BCUT2D eigenvalue weighted by molar-refractivity contribution is 6.61. The van der Waals surface area contributed by atoms with E-state index >= 15 is 0 Å². The van der Waals surface area contributed by atoms with Crippen LogP contribution < -0.4 is 10.8 Å². The van der Waals surface area contributed by atoms with Crippen molar-refractivity contribution in [2.45, 2.75) is 25.4 Å². The maximum absolute atomic E-state index is 12.9. The minimum absolute atomic E-state index is 0.200. The zero-order chi connectivity index (χ0) is 18.4. The van der Waals surface area contributed by atoms with Gasteiger partial charge in [-0.05, 0) is 54.2 Å². The van der Waals surface area contributed by atoms with Gasteiger partial charge in [-0.25, -0.2) is 4.68 Å². The highest BCUT2D eigenvalue weighted by atomic mass is 16.5. The van der Waals surface area contributed by atoms with Crippen molar-refractivity contribution in [3.8, 4) is 5.69 Å². The SMILES string of the molecule is O=C(Nc1ccc2c(c1)COB2O)c1ccccc1-n1ccc(C2CC2)n1. The van der Waals surface area contributed by atoms with Gasteiger partial charge in [-0.3, -0.25) is 4.79 Å². The Hall–Kier alpha value is -2.90. The fourth-order valence-corrected chi connectivity index (χ4v) is 3.44. The van der Waals surface area contributed by atoms with E-state index in [9.17, 15) is 9.82 Å². The quantitative estimate of drug-likeness (QED) is 0.701. The van der Waals surface area contributed by atoms with Crippen molar-refractivity contribution in [1.82, 2.24) is 9.78 Å². The van der Waals surface area contributed by atoms with Gasteiger partial charge in [0.15, 0.2) is 0 Å². The Kier molecular flexibility index (Phi) is 3.84. The molecule has 1 aliphatic carbocycles. The molecule has 5 rings (SSSR count). The van der Waals surface area contributed by atoms with Gasteiger partial charge >= 0.3 is 7.12 Å². The van der Waals surface area contributed by atoms with Gasteiger partial charge in [-0.15, -0.1) is 0 Å². The number of para-hydroxylation sites is 1. The van der Waals surface area contributed by atoms with Crippen LogP contribution in [0.25, 0.3) is 5.69 Å². The first kappa shape index (κ1) is 16.3. The largest absolute Gasteiger partial charge is 0.491 e. The van der Waals surface area contributed by atoms with Gasteiger partial charge in [0.05, 0.1) is 23.6 Å². The summed E-state index contributed by atoms with van der Waals surface area (Å²) in [6, 6.07) is 14.9. The molecule has 2 heterocycles. The second-order valence-electron chi connectivity index (χ2n) is 7.01. The number of hydrogen-bond acceptors (Lipinski definition) is 4. The highest BCUT2D eigenvalue weighted by Crippen LogP contribution is 2.39. The molecule has 0 spiro atoms. The topological polar surface area (TPSA) is 76.4 Å². The summed E-state index contributed by atoms with van der Waals surface area (Å²) in [7, 11) is -0.883. The number of aromatic nitrogens is 2. The minimum Gasteiger partial charge on any atom is -0.423 e. The van der Waals surface area contributed by atoms with E-state index in [0.717, 1.165) is 22.4 Å². The van der Waals surface area contributed by atoms with Crippen molar-refractivity contribution in [1.29, 1.82) is 0 Å². The lowest BCUT2D eigenvalue weighted by atomic mass is 9.79. The summed E-state index contributed by atoms with van der Waals surface area (Å²) in [5, 5.41) is 17.3. The third-order valence-corrected chi connectivity index (χ3v) is 5.06. The molecule has 2 N–H and O–H groups in total. The molecular formula is C20H18BN3O3. The molecule has 1 aromatic heterocycles. The standard InChI is InChI=1S/C20H18BN3O3/c25-20(22-15-7-8-17-14(11-15)12-27-21(17)26)16-3-1-2-4-19(16)24-10-9-18(23-24)13-5-6-13/h1-4,7-11,13,26H,5-6,12H2,(H,22,25). The van der Waals surface area contributed by atoms with E-state index in [1.165, 1.54) is 12.8 Å². The third kappa shape index (κ3) is 3.05. The summed E-state index contributed by atoms with van der Waals surface area (Å²) in [6.45, 7) is 0.341. The minimum atomic E-state index is -0.883. The molecule has 0 bridgehead atoms. The molecule has 6 nitrogen and oxygen atoms in total. The van der Waals surface area contributed by atoms with E-state index in [1.807, 2.05) is 36.5 Å². The molecule has 0 atom stereocenters. The summed E-state index contributed by atoms with van der Waals surface area (Å²) < 4.78 is 6.98. The fraction of sp³-hybridized carbons (Fsp3) is 0.200. The molecule has 3 aromatic rings. The summed E-state index contributed by atoms with van der Waals surface area (Å²) in [6.07, 6.45) is 4.29. The van der Waals surface area contributed by atoms with Crippen molar-refractivity contribution in [3.63, 3.8) is 0 Å². The maximum Gasteiger partial charge on any atom is 0.491 e. The summed E-state index contributed by atoms with van der Waals surface area (Å²) in [5.74, 6) is 0.365. The normalized spacial score (nSPS) is 15.7. The van der Waals surface area contributed by atoms with Gasteiger partial charge in [0.1, 0.15) is 0 Å². The third-order valence-electron chi connectivity index (χ3n) is 5.06. The Morgan fingerprint density at radius 2 is 2.07 bits per heavy atom. The second kappa shape index (κ2) is 6.37. The van der Waals surface area contributed by atoms with Crippen LogP contribution in [0.2, 0.25) is 0 Å². The first-order valence-electron chi connectivity index (χ1n) is 9.08. The van der Waals surface area contributed by atoms with Crippen LogP contribution >= 0.6 is 0 Å². The van der Waals surface area contributed by atoms with Crippen molar-refractivity contribution >= 4 is 24.2 Å². The first-order valence-corrected chi connectivity index (χ1v) is 9.08. The maximum atomic E-state index is 12.9. The molecule has 1 amide bonds. The highest BCUT2D eigenvalue weighted by Gasteiger charge is 2.28. The lowest BCUT2D eigenvalue weighted by molar-refractivity contribution is 0.102. The number of carbonyl (C=O) groups excluding carboxylic acids is 1. The van der Waals surface area contributed by atoms with Crippen LogP contribution in [0.4, 0.5) is 5.69 Å². The molecular weight excluding hydrogens is 341 g/mol. The smallest absolute Gasteiger partial charge is 0.423 e. The summed E-state index contributed by atoms with van der Waals surface area (Å²) in [4.78, 5) is 12.9. The Balaban J connectivity index is 1.42. The van der Waals surface area contributed by atoms with Crippen molar-refractivity contribution in [2.24, 2.45) is 0 Å². The molecule has 0 unspecified atom stereocenters. The van der Waals surface area contributed by atoms with Crippen molar-refractivity contribution < 1.29 is 14.5 Å². The van der Waals surface area contributed by atoms with E-state index in [0.29, 0.717) is 23.8 Å². The summed E-state index contributed by atoms with van der Waals surface area (Å²) >= 11 is 0. The monoisotopic (exact) mass is 359 g/mol. The number of benzene rings is 2. The van der Waals surface area contributed by atoms with Gasteiger partial charge < -0.3 is 15.0 Å². The molecule has 2 aliphatic rings. The van der Waals surface area contributed by atoms with Crippen LogP contribution in [0.1, 0.15) is 40.4 Å². The summed E-state index contributed by atoms with van der Waals surface area (Å²) in [5.41, 5.74) is 4.70. The number of anilines is 1. The van der Waals surface area contributed by atoms with Crippen LogP contribution in [-0.4, -0.2) is 27.8 Å². The van der Waals surface area contributed by atoms with E-state index in [4.69, 9.17) is 4.65 Å². The van der Waals surface area contributed by atoms with E-state index in [1.54, 1.807) is 22.9 Å². The number of nitrogens with one attached hydrogen (secondary N) is 1. The number of rotatable bonds is 4. The fourth-order valence-electron chi connectivity index (χ4n) is 3.44. The predicted octanol–water partition coefficient (Wildman–Crippen LogP) is 2.22. The van der Waals surface area contributed by atoms with Crippen molar-refractivity contribution in [3.05, 3.63) is 71.5 Å². The van der Waals surface area contributed by atoms with Crippen LogP contribution in [0.15, 0.2) is 54.7 Å². The van der Waals surface area contributed by atoms with Crippen LogP contribution in [-0.2, 0) is 11.3 Å². The molecule has 0 saturated heterocycles. The van der Waals surface area contributed by atoms with E-state index < -0.39 is 7.12 Å². The Labute approximate surface area is 156 Å². The van der Waals surface area contributed by atoms with Crippen LogP contribution in [0, 0.1) is 0 Å². The van der Waals surface area contributed by atoms with E-state index in [-0.39, 0.29) is 5.91 Å². The molecule has 1 aliphatic heterocycles. The molecule has 7 heteroatoms.